The molecule has 13 heavy (non-hydrogen) atoms. The summed E-state index contributed by atoms with van der Waals surface area (Å²) >= 11 is 1.77. The Kier molecular flexibility index (Phi) is 7.00. The monoisotopic (exact) mass is 275 g/mol. The standard InChI is InChI=1S/C5H7N2OS.C2H3O.Y/c8-5-6-3-1-9-2-4(3)7-5;1-2-3;/h1,3-4H,2H2,(H2,6,7,8);1H3;/q2*-1;. The molecular formula is C7H10N2O2SY-2. The van der Waals surface area contributed by atoms with Crippen molar-refractivity contribution in [3.05, 3.63) is 5.75 Å². The minimum atomic E-state index is -0.0263. The van der Waals surface area contributed by atoms with Gasteiger partial charge in [-0.15, -0.1) is 0 Å². The maximum absolute atomic E-state index is 10.6. The Balaban J connectivity index is 0.000000324. The summed E-state index contributed by atoms with van der Waals surface area (Å²) in [5.41, 5.74) is 0. The van der Waals surface area contributed by atoms with Crippen molar-refractivity contribution in [3.63, 3.8) is 0 Å². The molecular weight excluding hydrogens is 265 g/mol. The van der Waals surface area contributed by atoms with Gasteiger partial charge in [0.05, 0.1) is 0 Å². The van der Waals surface area contributed by atoms with E-state index >= 15 is 0 Å². The Morgan fingerprint density at radius 1 is 1.62 bits per heavy atom. The number of amides is 2. The summed E-state index contributed by atoms with van der Waals surface area (Å²) in [4.78, 5) is 19.3. The molecule has 2 rings (SSSR count). The number of thioether (sulfide) groups is 1. The molecule has 2 aliphatic rings. The van der Waals surface area contributed by atoms with E-state index in [9.17, 15) is 4.79 Å². The van der Waals surface area contributed by atoms with Gasteiger partial charge in [0.25, 0.3) is 0 Å². The molecule has 2 fully saturated rings. The minimum absolute atomic E-state index is 0. The molecule has 0 aromatic heterocycles. The summed E-state index contributed by atoms with van der Waals surface area (Å²) in [6.07, 6.45) is 1.50. The number of fused-ring (bicyclic) bond motifs is 1. The fourth-order valence-electron chi connectivity index (χ4n) is 1.09. The zero-order valence-corrected chi connectivity index (χ0v) is 10.9. The zero-order valence-electron chi connectivity index (χ0n) is 7.24. The van der Waals surface area contributed by atoms with Crippen LogP contribution < -0.4 is 10.6 Å². The molecule has 0 aromatic carbocycles. The third-order valence-electron chi connectivity index (χ3n) is 1.57. The first-order valence-corrected chi connectivity index (χ1v) is 4.63. The van der Waals surface area contributed by atoms with Crippen molar-refractivity contribution in [1.29, 1.82) is 0 Å². The van der Waals surface area contributed by atoms with Crippen molar-refractivity contribution >= 4 is 24.1 Å². The maximum Gasteiger partial charge on any atom is 0.312 e. The van der Waals surface area contributed by atoms with Crippen LogP contribution in [0.15, 0.2) is 0 Å². The predicted octanol–water partition coefficient (Wildman–Crippen LogP) is 0.0585. The van der Waals surface area contributed by atoms with Crippen LogP contribution >= 0.6 is 11.8 Å². The van der Waals surface area contributed by atoms with Gasteiger partial charge in [-0.2, -0.15) is 6.92 Å². The van der Waals surface area contributed by atoms with Gasteiger partial charge >= 0.3 is 6.03 Å². The molecule has 2 heterocycles. The van der Waals surface area contributed by atoms with E-state index in [4.69, 9.17) is 4.79 Å². The summed E-state index contributed by atoms with van der Waals surface area (Å²) in [6, 6.07) is 0.603. The smallest absolute Gasteiger partial charge is 0.312 e. The number of carbonyl (C=O) groups excluding carboxylic acids is 2. The van der Waals surface area contributed by atoms with Crippen molar-refractivity contribution in [3.8, 4) is 0 Å². The Morgan fingerprint density at radius 2 is 2.23 bits per heavy atom. The number of urea groups is 1. The number of nitrogens with one attached hydrogen (secondary N) is 2. The molecule has 1 radical (unpaired) electrons. The molecule has 0 aromatic rings. The van der Waals surface area contributed by atoms with Gasteiger partial charge in [0.1, 0.15) is 0 Å². The quantitative estimate of drug-likeness (QED) is 0.485. The summed E-state index contributed by atoms with van der Waals surface area (Å²) in [6.45, 7) is 1.32. The van der Waals surface area contributed by atoms with Crippen LogP contribution in [0.1, 0.15) is 6.92 Å². The third-order valence-corrected chi connectivity index (χ3v) is 2.60. The Bertz CT molecular complexity index is 177. The number of carbonyl (C=O) groups is 1. The molecule has 2 unspecified atom stereocenters. The molecule has 0 saturated carbocycles. The molecule has 6 heteroatoms. The third kappa shape index (κ3) is 3.96. The normalized spacial score (nSPS) is 28.5. The average molecular weight is 275 g/mol. The van der Waals surface area contributed by atoms with Crippen molar-refractivity contribution in [2.75, 3.05) is 5.75 Å². The van der Waals surface area contributed by atoms with Crippen molar-refractivity contribution in [1.82, 2.24) is 10.6 Å². The van der Waals surface area contributed by atoms with E-state index in [0.29, 0.717) is 6.04 Å². The maximum atomic E-state index is 10.6. The first-order valence-electron chi connectivity index (χ1n) is 3.58. The van der Waals surface area contributed by atoms with Gasteiger partial charge in [-0.3, -0.25) is 6.29 Å². The van der Waals surface area contributed by atoms with E-state index in [1.165, 1.54) is 13.2 Å². The van der Waals surface area contributed by atoms with E-state index in [1.54, 1.807) is 11.8 Å². The number of hydrogen-bond acceptors (Lipinski definition) is 3. The van der Waals surface area contributed by atoms with Crippen LogP contribution in [0.5, 0.6) is 0 Å². The largest absolute Gasteiger partial charge is 0.542 e. The Labute approximate surface area is 107 Å². The molecule has 2 saturated heterocycles. The number of rotatable bonds is 0. The molecule has 2 aliphatic heterocycles. The van der Waals surface area contributed by atoms with Crippen molar-refractivity contribution < 1.29 is 42.3 Å². The van der Waals surface area contributed by atoms with E-state index in [-0.39, 0.29) is 44.8 Å². The van der Waals surface area contributed by atoms with Gasteiger partial charge in [0, 0.05) is 38.8 Å². The van der Waals surface area contributed by atoms with E-state index < -0.39 is 0 Å². The summed E-state index contributed by atoms with van der Waals surface area (Å²) in [7, 11) is 0. The van der Waals surface area contributed by atoms with Gasteiger partial charge in [-0.05, 0) is 5.75 Å². The fraction of sp³-hybridized carbons (Fsp3) is 0.571. The zero-order chi connectivity index (χ0) is 8.97. The second-order valence-electron chi connectivity index (χ2n) is 2.42. The Morgan fingerprint density at radius 3 is 2.77 bits per heavy atom. The van der Waals surface area contributed by atoms with Crippen LogP contribution in [0, 0.1) is 5.75 Å². The molecule has 2 atom stereocenters. The van der Waals surface area contributed by atoms with Crippen LogP contribution in [0.2, 0.25) is 0 Å². The SMILES string of the molecule is C[C-]=O.O=C1NC2[CH-]SCC2N1.[Y]. The van der Waals surface area contributed by atoms with E-state index in [2.05, 4.69) is 16.4 Å². The van der Waals surface area contributed by atoms with Gasteiger partial charge in [-0.1, -0.05) is 6.04 Å². The first kappa shape index (κ1) is 13.4. The average Bonchev–Trinajstić information content (AvgIpc) is 2.47. The molecule has 2 amide bonds. The minimum Gasteiger partial charge on any atom is -0.542 e. The van der Waals surface area contributed by atoms with Crippen LogP contribution in [0.3, 0.4) is 0 Å². The van der Waals surface area contributed by atoms with Crippen LogP contribution in [0.25, 0.3) is 0 Å². The second-order valence-corrected chi connectivity index (χ2v) is 3.36. The predicted molar refractivity (Wildman–Crippen MR) is 47.4 cm³/mol. The van der Waals surface area contributed by atoms with Crippen molar-refractivity contribution in [2.24, 2.45) is 0 Å². The summed E-state index contributed by atoms with van der Waals surface area (Å²) < 4.78 is 0. The molecule has 0 bridgehead atoms. The first-order chi connectivity index (χ1) is 5.77. The molecule has 0 aliphatic carbocycles. The molecule has 2 N–H and O–H groups in total. The van der Waals surface area contributed by atoms with E-state index in [1.807, 2.05) is 0 Å². The van der Waals surface area contributed by atoms with Crippen molar-refractivity contribution in [2.45, 2.75) is 19.0 Å². The van der Waals surface area contributed by atoms with Crippen LogP contribution in [-0.4, -0.2) is 30.2 Å². The van der Waals surface area contributed by atoms with Gasteiger partial charge < -0.3 is 27.2 Å². The van der Waals surface area contributed by atoms with Crippen LogP contribution in [0.4, 0.5) is 4.79 Å². The number of hydrogen-bond donors (Lipinski definition) is 2. The Hall–Kier alpha value is 0.394. The second kappa shape index (κ2) is 6.79. The van der Waals surface area contributed by atoms with E-state index in [0.717, 1.165) is 5.75 Å². The van der Waals surface area contributed by atoms with Gasteiger partial charge in [0.15, 0.2) is 0 Å². The van der Waals surface area contributed by atoms with Gasteiger partial charge in [0.2, 0.25) is 0 Å². The summed E-state index contributed by atoms with van der Waals surface area (Å²) in [5, 5.41) is 5.60. The van der Waals surface area contributed by atoms with Gasteiger partial charge in [-0.25, -0.2) is 10.5 Å². The molecule has 4 nitrogen and oxygen atoms in total. The topological polar surface area (TPSA) is 58.2 Å². The fourth-order valence-corrected chi connectivity index (χ4v) is 2.16. The molecule has 71 valence electrons. The van der Waals surface area contributed by atoms with Crippen LogP contribution in [-0.2, 0) is 37.5 Å². The molecule has 0 spiro atoms. The summed E-state index contributed by atoms with van der Waals surface area (Å²) in [5.74, 6) is 3.09.